The van der Waals surface area contributed by atoms with Crippen molar-refractivity contribution in [2.24, 2.45) is 0 Å². The van der Waals surface area contributed by atoms with E-state index in [0.717, 1.165) is 16.4 Å². The van der Waals surface area contributed by atoms with Gasteiger partial charge >= 0.3 is 0 Å². The summed E-state index contributed by atoms with van der Waals surface area (Å²) in [6, 6.07) is 9.18. The molecule has 0 aliphatic rings. The number of hydrogen-bond acceptors (Lipinski definition) is 5. The van der Waals surface area contributed by atoms with Gasteiger partial charge in [0.15, 0.2) is 5.03 Å². The Balaban J connectivity index is 2.36. The Morgan fingerprint density at radius 2 is 1.96 bits per heavy atom. The van der Waals surface area contributed by atoms with Crippen LogP contribution in [0.3, 0.4) is 0 Å². The highest BCUT2D eigenvalue weighted by atomic mass is 32.2. The highest BCUT2D eigenvalue weighted by Crippen LogP contribution is 2.25. The Bertz CT molecular complexity index is 872. The molecule has 0 saturated heterocycles. The lowest BCUT2D eigenvalue weighted by atomic mass is 10.3. The maximum absolute atomic E-state index is 13.7. The van der Waals surface area contributed by atoms with Crippen LogP contribution in [0.25, 0.3) is 0 Å². The Kier molecular flexibility index (Phi) is 7.10. The first kappa shape index (κ1) is 21.5. The fourth-order valence-corrected chi connectivity index (χ4v) is 4.55. The average molecular weight is 413 g/mol. The van der Waals surface area contributed by atoms with Crippen LogP contribution < -0.4 is 4.31 Å². The number of benzene rings is 1. The summed E-state index contributed by atoms with van der Waals surface area (Å²) in [5.74, 6) is -0.557. The van der Waals surface area contributed by atoms with E-state index in [1.54, 1.807) is 6.07 Å². The minimum absolute atomic E-state index is 0.137. The summed E-state index contributed by atoms with van der Waals surface area (Å²) < 4.78 is 46.6. The van der Waals surface area contributed by atoms with Crippen LogP contribution in [0.1, 0.15) is 5.56 Å². The van der Waals surface area contributed by atoms with Gasteiger partial charge in [0.25, 0.3) is 10.0 Å². The number of ether oxygens (including phenoxy) is 1. The summed E-state index contributed by atoms with van der Waals surface area (Å²) in [7, 11) is -5.49. The van der Waals surface area contributed by atoms with Crippen molar-refractivity contribution in [1.82, 2.24) is 4.98 Å². The number of anilines is 1. The second-order valence-electron chi connectivity index (χ2n) is 7.31. The number of halogens is 1. The lowest BCUT2D eigenvalue weighted by Crippen LogP contribution is -2.35. The van der Waals surface area contributed by atoms with E-state index in [4.69, 9.17) is 4.74 Å². The lowest BCUT2D eigenvalue weighted by Gasteiger charge is -2.25. The van der Waals surface area contributed by atoms with Crippen molar-refractivity contribution in [1.29, 1.82) is 0 Å². The zero-order chi connectivity index (χ0) is 20.1. The Hall–Kier alpha value is -1.81. The molecule has 0 amide bonds. The van der Waals surface area contributed by atoms with E-state index in [1.807, 2.05) is 0 Å². The van der Waals surface area contributed by atoms with Crippen molar-refractivity contribution < 1.29 is 22.7 Å². The van der Waals surface area contributed by atoms with Gasteiger partial charge in [-0.1, -0.05) is 31.8 Å². The predicted octanol–water partition coefficient (Wildman–Crippen LogP) is 3.22. The first-order valence-electron chi connectivity index (χ1n) is 8.56. The van der Waals surface area contributed by atoms with E-state index >= 15 is 0 Å². The number of hydrogen-bond donors (Lipinski definition) is 1. The van der Waals surface area contributed by atoms with Gasteiger partial charge in [-0.3, -0.25) is 0 Å². The van der Waals surface area contributed by atoms with E-state index in [0.29, 0.717) is 6.61 Å². The molecular weight excluding hydrogens is 387 g/mol. The Morgan fingerprint density at radius 3 is 2.59 bits per heavy atom. The van der Waals surface area contributed by atoms with Crippen molar-refractivity contribution in [3.8, 4) is 0 Å². The van der Waals surface area contributed by atoms with E-state index in [1.165, 1.54) is 30.5 Å². The summed E-state index contributed by atoms with van der Waals surface area (Å²) in [4.78, 5) is 3.93. The number of aliphatic hydroxyl groups excluding tert-OH is 1. The van der Waals surface area contributed by atoms with Crippen molar-refractivity contribution in [2.45, 2.75) is 37.3 Å². The zero-order valence-corrected chi connectivity index (χ0v) is 17.5. The van der Waals surface area contributed by atoms with Crippen LogP contribution in [-0.2, 0) is 21.4 Å². The van der Waals surface area contributed by atoms with Crippen LogP contribution in [0.2, 0.25) is 25.7 Å². The van der Waals surface area contributed by atoms with Crippen LogP contribution in [0, 0.1) is 5.82 Å². The Labute approximate surface area is 160 Å². The second-order valence-corrected chi connectivity index (χ2v) is 14.7. The predicted molar refractivity (Wildman–Crippen MR) is 105 cm³/mol. The topological polar surface area (TPSA) is 79.7 Å². The molecule has 0 aliphatic carbocycles. The first-order valence-corrected chi connectivity index (χ1v) is 13.7. The van der Waals surface area contributed by atoms with Crippen molar-refractivity contribution in [3.05, 3.63) is 54.0 Å². The summed E-state index contributed by atoms with van der Waals surface area (Å²) >= 11 is 0. The first-order chi connectivity index (χ1) is 12.6. The highest BCUT2D eigenvalue weighted by Gasteiger charge is 2.29. The third kappa shape index (κ3) is 5.83. The number of pyridine rings is 1. The fraction of sp³-hybridized carbons (Fsp3) is 0.389. The molecule has 148 valence electrons. The van der Waals surface area contributed by atoms with Gasteiger partial charge in [0.05, 0.1) is 12.3 Å². The van der Waals surface area contributed by atoms with Crippen LogP contribution in [-0.4, -0.2) is 39.9 Å². The van der Waals surface area contributed by atoms with E-state index < -0.39 is 30.5 Å². The van der Waals surface area contributed by atoms with Gasteiger partial charge in [0, 0.05) is 26.4 Å². The number of aliphatic hydroxyl groups is 1. The van der Waals surface area contributed by atoms with Crippen LogP contribution >= 0.6 is 0 Å². The normalized spacial score (nSPS) is 12.2. The molecule has 0 saturated carbocycles. The van der Waals surface area contributed by atoms with Crippen molar-refractivity contribution in [3.63, 3.8) is 0 Å². The molecule has 9 heteroatoms. The highest BCUT2D eigenvalue weighted by molar-refractivity contribution is 7.92. The van der Waals surface area contributed by atoms with Gasteiger partial charge < -0.3 is 9.84 Å². The summed E-state index contributed by atoms with van der Waals surface area (Å²) in [6.45, 7) is 6.25. The monoisotopic (exact) mass is 412 g/mol. The Morgan fingerprint density at radius 1 is 1.22 bits per heavy atom. The zero-order valence-electron chi connectivity index (χ0n) is 15.7. The van der Waals surface area contributed by atoms with Crippen LogP contribution in [0.15, 0.2) is 47.6 Å². The minimum atomic E-state index is -4.15. The molecule has 0 spiro atoms. The molecule has 1 N–H and O–H groups in total. The standard InChI is InChI=1S/C18H25FN2O4SSi/c1-27(2,3)11-10-25-14-21(17-8-4-7-16(19)12-17)26(23,24)18-15(13-22)6-5-9-20-18/h4-9,12,22H,10-11,13-14H2,1-3H3. The quantitative estimate of drug-likeness (QED) is 0.389. The molecule has 27 heavy (non-hydrogen) atoms. The smallest absolute Gasteiger partial charge is 0.284 e. The molecule has 6 nitrogen and oxygen atoms in total. The van der Waals surface area contributed by atoms with Gasteiger partial charge in [-0.15, -0.1) is 0 Å². The molecule has 0 aliphatic heterocycles. The number of aromatic nitrogens is 1. The molecular formula is C18H25FN2O4SSi. The molecule has 1 aromatic heterocycles. The number of sulfonamides is 1. The maximum Gasteiger partial charge on any atom is 0.284 e. The van der Waals surface area contributed by atoms with Crippen molar-refractivity contribution >= 4 is 23.8 Å². The van der Waals surface area contributed by atoms with Crippen molar-refractivity contribution in [2.75, 3.05) is 17.6 Å². The SMILES string of the molecule is C[Si](C)(C)CCOCN(c1cccc(F)c1)S(=O)(=O)c1ncccc1CO. The molecule has 2 aromatic rings. The van der Waals surface area contributed by atoms with E-state index in [9.17, 15) is 17.9 Å². The molecule has 0 bridgehead atoms. The van der Waals surface area contributed by atoms with Gasteiger partial charge in [0.2, 0.25) is 0 Å². The minimum Gasteiger partial charge on any atom is -0.392 e. The molecule has 1 heterocycles. The molecule has 2 rings (SSSR count). The summed E-state index contributed by atoms with van der Waals surface area (Å²) in [5, 5.41) is 9.20. The molecule has 0 atom stereocenters. The second kappa shape index (κ2) is 8.92. The number of nitrogens with zero attached hydrogens (tertiary/aromatic N) is 2. The number of rotatable bonds is 9. The van der Waals surface area contributed by atoms with E-state index in [-0.39, 0.29) is 23.0 Å². The fourth-order valence-electron chi connectivity index (χ4n) is 2.32. The van der Waals surface area contributed by atoms with Crippen LogP contribution in [0.5, 0.6) is 0 Å². The van der Waals surface area contributed by atoms with Gasteiger partial charge in [-0.25, -0.2) is 13.7 Å². The van der Waals surface area contributed by atoms with Gasteiger partial charge in [-0.05, 0) is 30.3 Å². The summed E-state index contributed by atoms with van der Waals surface area (Å²) in [6.07, 6.45) is 1.34. The summed E-state index contributed by atoms with van der Waals surface area (Å²) in [5.41, 5.74) is 0.304. The third-order valence-corrected chi connectivity index (χ3v) is 7.31. The molecule has 0 unspecified atom stereocenters. The lowest BCUT2D eigenvalue weighted by molar-refractivity contribution is 0.156. The molecule has 0 fully saturated rings. The maximum atomic E-state index is 13.7. The third-order valence-electron chi connectivity index (χ3n) is 3.86. The van der Waals surface area contributed by atoms with E-state index in [2.05, 4.69) is 24.6 Å². The van der Waals surface area contributed by atoms with Crippen LogP contribution in [0.4, 0.5) is 10.1 Å². The largest absolute Gasteiger partial charge is 0.392 e. The molecule has 1 aromatic carbocycles. The molecule has 0 radical (unpaired) electrons. The van der Waals surface area contributed by atoms with Gasteiger partial charge in [0.1, 0.15) is 12.5 Å². The average Bonchev–Trinajstić information content (AvgIpc) is 2.60. The van der Waals surface area contributed by atoms with Gasteiger partial charge in [-0.2, -0.15) is 8.42 Å².